The van der Waals surface area contributed by atoms with Crippen LogP contribution < -0.4 is 5.32 Å². The molecule has 29 heavy (non-hydrogen) atoms. The van der Waals surface area contributed by atoms with Crippen LogP contribution in [0.5, 0.6) is 0 Å². The maximum atomic E-state index is 12.4. The number of para-hydroxylation sites is 1. The summed E-state index contributed by atoms with van der Waals surface area (Å²) in [4.78, 5) is 16.9. The Labute approximate surface area is 173 Å². The van der Waals surface area contributed by atoms with Crippen molar-refractivity contribution in [2.45, 2.75) is 13.3 Å². The zero-order valence-electron chi connectivity index (χ0n) is 15.8. The van der Waals surface area contributed by atoms with E-state index in [4.69, 9.17) is 16.0 Å². The molecule has 7 heteroatoms. The summed E-state index contributed by atoms with van der Waals surface area (Å²) in [6, 6.07) is 15.3. The van der Waals surface area contributed by atoms with Crippen LogP contribution in [0.4, 0.5) is 0 Å². The minimum atomic E-state index is -0.203. The fraction of sp³-hybridized carbons (Fsp3) is 0.136. The third kappa shape index (κ3) is 4.38. The maximum Gasteiger partial charge on any atom is 0.254 e. The highest BCUT2D eigenvalue weighted by atomic mass is 35.5. The third-order valence-electron chi connectivity index (χ3n) is 4.46. The summed E-state index contributed by atoms with van der Waals surface area (Å²) in [6.07, 6.45) is 5.36. The second-order valence-electron chi connectivity index (χ2n) is 6.64. The Morgan fingerprint density at radius 3 is 2.76 bits per heavy atom. The summed E-state index contributed by atoms with van der Waals surface area (Å²) in [5.74, 6) is 0.373. The zero-order chi connectivity index (χ0) is 20.2. The Morgan fingerprint density at radius 1 is 1.17 bits per heavy atom. The quantitative estimate of drug-likeness (QED) is 0.513. The smallest absolute Gasteiger partial charge is 0.254 e. The van der Waals surface area contributed by atoms with Crippen LogP contribution in [0.2, 0.25) is 5.02 Å². The Balaban J connectivity index is 1.34. The first-order chi connectivity index (χ1) is 14.1. The summed E-state index contributed by atoms with van der Waals surface area (Å²) < 4.78 is 7.13. The molecule has 0 fully saturated rings. The molecule has 0 spiro atoms. The largest absolute Gasteiger partial charge is 0.444 e. The number of hydrogen-bond donors (Lipinski definition) is 1. The molecule has 6 nitrogen and oxygen atoms in total. The molecule has 0 bridgehead atoms. The van der Waals surface area contributed by atoms with Crippen LogP contribution in [0.3, 0.4) is 0 Å². The zero-order valence-corrected chi connectivity index (χ0v) is 16.6. The molecule has 0 saturated heterocycles. The molecule has 0 unspecified atom stereocenters. The van der Waals surface area contributed by atoms with Crippen LogP contribution in [-0.4, -0.2) is 27.2 Å². The van der Waals surface area contributed by atoms with Gasteiger partial charge in [0.25, 0.3) is 5.91 Å². The predicted octanol–water partition coefficient (Wildman–Crippen LogP) is 4.46. The molecule has 0 aliphatic heterocycles. The number of halogens is 1. The minimum absolute atomic E-state index is 0.203. The molecular formula is C22H19ClN4O2. The van der Waals surface area contributed by atoms with Crippen LogP contribution in [0.25, 0.3) is 17.1 Å². The highest BCUT2D eigenvalue weighted by Gasteiger charge is 2.11. The summed E-state index contributed by atoms with van der Waals surface area (Å²) >= 11 is 6.18. The first kappa shape index (κ1) is 19.0. The van der Waals surface area contributed by atoms with Gasteiger partial charge in [-0.15, -0.1) is 0 Å². The monoisotopic (exact) mass is 406 g/mol. The topological polar surface area (TPSA) is 73.0 Å². The van der Waals surface area contributed by atoms with Crippen molar-refractivity contribution in [3.63, 3.8) is 0 Å². The number of carbonyl (C=O) groups excluding carboxylic acids is 1. The van der Waals surface area contributed by atoms with Gasteiger partial charge >= 0.3 is 0 Å². The number of amides is 1. The maximum absolute atomic E-state index is 12.4. The van der Waals surface area contributed by atoms with Gasteiger partial charge in [0.15, 0.2) is 0 Å². The van der Waals surface area contributed by atoms with E-state index in [1.807, 2.05) is 49.4 Å². The second-order valence-corrected chi connectivity index (χ2v) is 7.05. The molecule has 4 rings (SSSR count). The molecule has 2 aromatic carbocycles. The first-order valence-electron chi connectivity index (χ1n) is 9.19. The lowest BCUT2D eigenvalue weighted by Crippen LogP contribution is -2.25. The number of aromatic nitrogens is 3. The van der Waals surface area contributed by atoms with Gasteiger partial charge in [-0.05, 0) is 31.2 Å². The van der Waals surface area contributed by atoms with Crippen LogP contribution in [0.15, 0.2) is 71.6 Å². The lowest BCUT2D eigenvalue weighted by atomic mass is 10.1. The van der Waals surface area contributed by atoms with Crippen molar-refractivity contribution in [3.05, 3.63) is 89.0 Å². The lowest BCUT2D eigenvalue weighted by Gasteiger charge is -2.03. The van der Waals surface area contributed by atoms with E-state index in [2.05, 4.69) is 15.4 Å². The van der Waals surface area contributed by atoms with E-state index in [1.165, 1.54) is 11.8 Å². The van der Waals surface area contributed by atoms with E-state index < -0.39 is 0 Å². The molecule has 1 N–H and O–H groups in total. The third-order valence-corrected chi connectivity index (χ3v) is 4.78. The molecule has 1 amide bonds. The average molecular weight is 407 g/mol. The van der Waals surface area contributed by atoms with Gasteiger partial charge in [-0.3, -0.25) is 4.79 Å². The van der Waals surface area contributed by atoms with E-state index in [9.17, 15) is 4.79 Å². The highest BCUT2D eigenvalue weighted by molar-refractivity contribution is 6.32. The van der Waals surface area contributed by atoms with Gasteiger partial charge in [-0.25, -0.2) is 9.67 Å². The van der Waals surface area contributed by atoms with Crippen molar-refractivity contribution in [1.29, 1.82) is 0 Å². The Bertz CT molecular complexity index is 1130. The Hall–Kier alpha value is -3.38. The van der Waals surface area contributed by atoms with E-state index >= 15 is 0 Å². The van der Waals surface area contributed by atoms with Gasteiger partial charge in [0, 0.05) is 24.7 Å². The fourth-order valence-electron chi connectivity index (χ4n) is 2.87. The lowest BCUT2D eigenvalue weighted by molar-refractivity contribution is 0.0954. The Morgan fingerprint density at radius 2 is 1.97 bits per heavy atom. The summed E-state index contributed by atoms with van der Waals surface area (Å²) in [7, 11) is 0. The molecule has 2 heterocycles. The van der Waals surface area contributed by atoms with E-state index in [-0.39, 0.29) is 5.91 Å². The number of hydrogen-bond acceptors (Lipinski definition) is 4. The van der Waals surface area contributed by atoms with Crippen molar-refractivity contribution in [3.8, 4) is 17.1 Å². The van der Waals surface area contributed by atoms with Gasteiger partial charge in [0.1, 0.15) is 6.26 Å². The number of nitrogens with one attached hydrogen (secondary N) is 1. The molecule has 2 aromatic heterocycles. The van der Waals surface area contributed by atoms with Crippen LogP contribution >= 0.6 is 11.6 Å². The van der Waals surface area contributed by atoms with Crippen LogP contribution in [0.1, 0.15) is 21.6 Å². The molecule has 0 atom stereocenters. The molecule has 146 valence electrons. The van der Waals surface area contributed by atoms with Gasteiger partial charge < -0.3 is 9.73 Å². The van der Waals surface area contributed by atoms with E-state index in [1.54, 1.807) is 23.2 Å². The van der Waals surface area contributed by atoms with Crippen molar-refractivity contribution < 1.29 is 9.21 Å². The van der Waals surface area contributed by atoms with Crippen LogP contribution in [-0.2, 0) is 6.42 Å². The highest BCUT2D eigenvalue weighted by Crippen LogP contribution is 2.20. The average Bonchev–Trinajstić information content (AvgIpc) is 3.39. The summed E-state index contributed by atoms with van der Waals surface area (Å²) in [5.41, 5.74) is 4.08. The van der Waals surface area contributed by atoms with E-state index in [0.717, 1.165) is 16.9 Å². The van der Waals surface area contributed by atoms with Gasteiger partial charge in [0.2, 0.25) is 5.89 Å². The van der Waals surface area contributed by atoms with Gasteiger partial charge in [-0.1, -0.05) is 41.4 Å². The second kappa shape index (κ2) is 8.32. The SMILES string of the molecule is Cc1ccc(-c2nc(CCNC(=O)c3cnn(-c4ccccc4Cl)c3)co2)cc1. The Kier molecular flexibility index (Phi) is 5.44. The number of rotatable bonds is 6. The standard InChI is InChI=1S/C22H19ClN4O2/c1-15-6-8-16(9-7-15)22-26-18(14-29-22)10-11-24-21(28)17-12-25-27(13-17)20-5-3-2-4-19(20)23/h2-9,12-14H,10-11H2,1H3,(H,24,28). The summed E-state index contributed by atoms with van der Waals surface area (Å²) in [5, 5.41) is 7.67. The predicted molar refractivity (Wildman–Crippen MR) is 111 cm³/mol. The molecule has 0 saturated carbocycles. The van der Waals surface area contributed by atoms with Crippen molar-refractivity contribution in [2.75, 3.05) is 6.54 Å². The number of benzene rings is 2. The molecule has 0 radical (unpaired) electrons. The number of aryl methyl sites for hydroxylation is 1. The minimum Gasteiger partial charge on any atom is -0.444 e. The molecule has 0 aliphatic rings. The molecular weight excluding hydrogens is 388 g/mol. The number of oxazole rings is 1. The van der Waals surface area contributed by atoms with Crippen LogP contribution in [0, 0.1) is 6.92 Å². The van der Waals surface area contributed by atoms with Crippen molar-refractivity contribution >= 4 is 17.5 Å². The molecule has 0 aliphatic carbocycles. The number of carbonyl (C=O) groups is 1. The van der Waals surface area contributed by atoms with Crippen molar-refractivity contribution in [2.24, 2.45) is 0 Å². The van der Waals surface area contributed by atoms with Crippen molar-refractivity contribution in [1.82, 2.24) is 20.1 Å². The fourth-order valence-corrected chi connectivity index (χ4v) is 3.09. The molecule has 4 aromatic rings. The first-order valence-corrected chi connectivity index (χ1v) is 9.57. The van der Waals surface area contributed by atoms with Gasteiger partial charge in [-0.2, -0.15) is 5.10 Å². The van der Waals surface area contributed by atoms with E-state index in [0.29, 0.717) is 29.4 Å². The van der Waals surface area contributed by atoms with Gasteiger partial charge in [0.05, 0.1) is 28.2 Å². The normalized spacial score (nSPS) is 10.8. The number of nitrogens with zero attached hydrogens (tertiary/aromatic N) is 3. The summed E-state index contributed by atoms with van der Waals surface area (Å²) in [6.45, 7) is 2.47.